The van der Waals surface area contributed by atoms with Crippen molar-refractivity contribution in [1.82, 2.24) is 0 Å². The van der Waals surface area contributed by atoms with Crippen molar-refractivity contribution < 1.29 is 33.2 Å². The van der Waals surface area contributed by atoms with Crippen LogP contribution >= 0.6 is 0 Å². The van der Waals surface area contributed by atoms with Crippen LogP contribution in [0.1, 0.15) is 0 Å². The van der Waals surface area contributed by atoms with E-state index in [1.165, 1.54) is 0 Å². The second kappa shape index (κ2) is 17.8. The summed E-state index contributed by atoms with van der Waals surface area (Å²) in [6.45, 7) is 7.92. The van der Waals surface area contributed by atoms with Crippen molar-refractivity contribution in [3.05, 3.63) is 12.2 Å². The molecule has 0 spiro atoms. The van der Waals surface area contributed by atoms with Gasteiger partial charge in [0.05, 0.1) is 92.5 Å². The maximum atomic E-state index is 5.39. The Balaban J connectivity index is 2.05. The highest BCUT2D eigenvalue weighted by atomic mass is 16.6. The molecule has 0 unspecified atom stereocenters. The van der Waals surface area contributed by atoms with Crippen molar-refractivity contribution in [3.8, 4) is 0 Å². The van der Waals surface area contributed by atoms with Crippen LogP contribution in [0.5, 0.6) is 0 Å². The van der Waals surface area contributed by atoms with E-state index in [0.717, 1.165) is 0 Å². The second-order valence-corrected chi connectivity index (χ2v) is 4.68. The normalized spacial score (nSPS) is 24.7. The van der Waals surface area contributed by atoms with Crippen LogP contribution in [0.25, 0.3) is 0 Å². The first kappa shape index (κ1) is 20.5. The lowest BCUT2D eigenvalue weighted by molar-refractivity contribution is -0.0186. The molecule has 0 N–H and O–H groups in total. The first-order valence-corrected chi connectivity index (χ1v) is 8.19. The Kier molecular flexibility index (Phi) is 15.9. The Morgan fingerprint density at radius 3 is 0.783 bits per heavy atom. The van der Waals surface area contributed by atoms with E-state index in [9.17, 15) is 0 Å². The molecule has 0 aromatic carbocycles. The van der Waals surface area contributed by atoms with Crippen LogP contribution in [-0.4, -0.2) is 92.5 Å². The van der Waals surface area contributed by atoms with E-state index in [1.54, 1.807) is 0 Å². The zero-order valence-electron chi connectivity index (χ0n) is 13.9. The lowest BCUT2D eigenvalue weighted by atomic mass is 10.5. The topological polar surface area (TPSA) is 64.6 Å². The van der Waals surface area contributed by atoms with Gasteiger partial charge in [0.2, 0.25) is 0 Å². The number of ether oxygens (including phenoxy) is 7. The van der Waals surface area contributed by atoms with Crippen molar-refractivity contribution in [2.75, 3.05) is 92.5 Å². The number of hydrogen-bond acceptors (Lipinski definition) is 7. The molecule has 0 atom stereocenters. The molecule has 0 saturated carbocycles. The van der Waals surface area contributed by atoms with Crippen LogP contribution in [0.3, 0.4) is 0 Å². The minimum Gasteiger partial charge on any atom is -0.377 e. The van der Waals surface area contributed by atoms with Gasteiger partial charge in [0, 0.05) is 0 Å². The average Bonchev–Trinajstić information content (AvgIpc) is 2.56. The fourth-order valence-corrected chi connectivity index (χ4v) is 1.66. The minimum absolute atomic E-state index is 0.562. The van der Waals surface area contributed by atoms with E-state index in [2.05, 4.69) is 0 Å². The van der Waals surface area contributed by atoms with Gasteiger partial charge < -0.3 is 33.2 Å². The zero-order chi connectivity index (χ0) is 16.3. The molecule has 0 radical (unpaired) electrons. The van der Waals surface area contributed by atoms with E-state index in [1.807, 2.05) is 12.2 Å². The van der Waals surface area contributed by atoms with Crippen LogP contribution in [0.4, 0.5) is 0 Å². The van der Waals surface area contributed by atoms with E-state index in [4.69, 9.17) is 33.2 Å². The minimum atomic E-state index is 0.562. The molecule has 7 heteroatoms. The van der Waals surface area contributed by atoms with Crippen molar-refractivity contribution in [1.29, 1.82) is 0 Å². The Hall–Kier alpha value is -0.540. The van der Waals surface area contributed by atoms with Gasteiger partial charge in [-0.3, -0.25) is 0 Å². The fourth-order valence-electron chi connectivity index (χ4n) is 1.66. The molecular weight excluding hydrogens is 304 g/mol. The summed E-state index contributed by atoms with van der Waals surface area (Å²) in [6.07, 6.45) is 3.88. The Bertz CT molecular complexity index is 237. The van der Waals surface area contributed by atoms with E-state index >= 15 is 0 Å². The average molecular weight is 334 g/mol. The summed E-state index contributed by atoms with van der Waals surface area (Å²) >= 11 is 0. The molecule has 7 nitrogen and oxygen atoms in total. The third kappa shape index (κ3) is 16.1. The summed E-state index contributed by atoms with van der Waals surface area (Å²) in [5, 5.41) is 0. The molecule has 23 heavy (non-hydrogen) atoms. The highest BCUT2D eigenvalue weighted by molar-refractivity contribution is 4.81. The molecule has 1 aliphatic heterocycles. The van der Waals surface area contributed by atoms with E-state index < -0.39 is 0 Å². The van der Waals surface area contributed by atoms with Gasteiger partial charge in [0.1, 0.15) is 0 Å². The van der Waals surface area contributed by atoms with Gasteiger partial charge in [0.15, 0.2) is 0 Å². The van der Waals surface area contributed by atoms with E-state index in [0.29, 0.717) is 92.5 Å². The first-order valence-electron chi connectivity index (χ1n) is 8.19. The monoisotopic (exact) mass is 334 g/mol. The molecule has 0 aliphatic carbocycles. The van der Waals surface area contributed by atoms with Gasteiger partial charge in [0.25, 0.3) is 0 Å². The third-order valence-electron chi connectivity index (χ3n) is 2.83. The van der Waals surface area contributed by atoms with Crippen molar-refractivity contribution >= 4 is 0 Å². The van der Waals surface area contributed by atoms with Gasteiger partial charge in [-0.2, -0.15) is 0 Å². The van der Waals surface area contributed by atoms with Crippen LogP contribution in [-0.2, 0) is 33.2 Å². The van der Waals surface area contributed by atoms with Gasteiger partial charge in [-0.15, -0.1) is 0 Å². The smallest absolute Gasteiger partial charge is 0.0704 e. The molecule has 0 aromatic heterocycles. The molecule has 1 heterocycles. The summed E-state index contributed by atoms with van der Waals surface area (Å²) in [7, 11) is 0. The van der Waals surface area contributed by atoms with Crippen molar-refractivity contribution in [2.24, 2.45) is 0 Å². The lowest BCUT2D eigenvalue weighted by Gasteiger charge is -2.08. The second-order valence-electron chi connectivity index (χ2n) is 4.68. The fraction of sp³-hybridized carbons (Fsp3) is 0.875. The zero-order valence-corrected chi connectivity index (χ0v) is 13.9. The summed E-state index contributed by atoms with van der Waals surface area (Å²) in [6, 6.07) is 0. The molecule has 0 saturated heterocycles. The third-order valence-corrected chi connectivity index (χ3v) is 2.83. The molecule has 136 valence electrons. The predicted octanol–water partition coefficient (Wildman–Crippen LogP) is 0.672. The molecule has 0 amide bonds. The molecule has 0 aromatic rings. The predicted molar refractivity (Wildman–Crippen MR) is 84.9 cm³/mol. The van der Waals surface area contributed by atoms with Crippen LogP contribution in [0.2, 0.25) is 0 Å². The largest absolute Gasteiger partial charge is 0.377 e. The van der Waals surface area contributed by atoms with Crippen molar-refractivity contribution in [3.63, 3.8) is 0 Å². The molecular formula is C16H30O7. The summed E-state index contributed by atoms with van der Waals surface area (Å²) < 4.78 is 37.7. The highest BCUT2D eigenvalue weighted by Crippen LogP contribution is 1.86. The maximum Gasteiger partial charge on any atom is 0.0704 e. The van der Waals surface area contributed by atoms with Gasteiger partial charge in [-0.1, -0.05) is 12.2 Å². The summed E-state index contributed by atoms with van der Waals surface area (Å²) in [4.78, 5) is 0. The van der Waals surface area contributed by atoms with Crippen LogP contribution in [0.15, 0.2) is 12.2 Å². The van der Waals surface area contributed by atoms with Crippen LogP contribution in [0, 0.1) is 0 Å². The Morgan fingerprint density at radius 1 is 0.304 bits per heavy atom. The van der Waals surface area contributed by atoms with Crippen LogP contribution < -0.4 is 0 Å². The number of hydrogen-bond donors (Lipinski definition) is 0. The molecule has 1 aliphatic rings. The maximum absolute atomic E-state index is 5.39. The standard InChI is InChI=1S/C16H30O7/c1-2-4-18-6-8-20-10-12-22-14-16-23-15-13-21-11-9-19-7-5-17-3-1/h1-2H,3-16H2/b2-1+. The lowest BCUT2D eigenvalue weighted by Crippen LogP contribution is -2.14. The quantitative estimate of drug-likeness (QED) is 0.603. The molecule has 0 bridgehead atoms. The number of rotatable bonds is 0. The molecule has 0 fully saturated rings. The Morgan fingerprint density at radius 2 is 0.522 bits per heavy atom. The highest BCUT2D eigenvalue weighted by Gasteiger charge is 1.94. The summed E-state index contributed by atoms with van der Waals surface area (Å²) in [5.41, 5.74) is 0. The Labute approximate surface area is 138 Å². The van der Waals surface area contributed by atoms with Gasteiger partial charge in [-0.05, 0) is 0 Å². The SMILES string of the molecule is C1=C/COCCOCCOCCOCCOCCOCCOC/1. The first-order chi connectivity index (χ1) is 11.5. The molecule has 1 rings (SSSR count). The van der Waals surface area contributed by atoms with Crippen molar-refractivity contribution in [2.45, 2.75) is 0 Å². The van der Waals surface area contributed by atoms with E-state index in [-0.39, 0.29) is 0 Å². The summed E-state index contributed by atoms with van der Waals surface area (Å²) in [5.74, 6) is 0. The van der Waals surface area contributed by atoms with Gasteiger partial charge >= 0.3 is 0 Å². The van der Waals surface area contributed by atoms with Gasteiger partial charge in [-0.25, -0.2) is 0 Å².